The van der Waals surface area contributed by atoms with Crippen molar-refractivity contribution in [3.63, 3.8) is 0 Å². The zero-order chi connectivity index (χ0) is 21.1. The molecular weight excluding hydrogens is 376 g/mol. The standard InChI is InChI=1S/C25H24N2O3/c1-17-8-10-22(11-9-17)26-24(28)21-13-18(2)15-27(16-21)25(29)20-6-3-5-19(14-20)23-7-4-12-30-23/h3-12,14,21H,2,13,15-16H2,1H3,(H,26,28). The van der Waals surface area contributed by atoms with Crippen LogP contribution < -0.4 is 5.32 Å². The Hall–Kier alpha value is -3.60. The van der Waals surface area contributed by atoms with Gasteiger partial charge in [0.15, 0.2) is 0 Å². The Labute approximate surface area is 176 Å². The summed E-state index contributed by atoms with van der Waals surface area (Å²) in [6.45, 7) is 6.88. The normalized spacial score (nSPS) is 16.4. The lowest BCUT2D eigenvalue weighted by Crippen LogP contribution is -2.44. The Balaban J connectivity index is 1.48. The molecule has 1 unspecified atom stereocenters. The number of anilines is 1. The van der Waals surface area contributed by atoms with Crippen LogP contribution in [-0.2, 0) is 4.79 Å². The fourth-order valence-electron chi connectivity index (χ4n) is 3.72. The largest absolute Gasteiger partial charge is 0.464 e. The molecule has 2 aromatic carbocycles. The van der Waals surface area contributed by atoms with Gasteiger partial charge in [0.2, 0.25) is 5.91 Å². The molecule has 0 bridgehead atoms. The predicted molar refractivity (Wildman–Crippen MR) is 117 cm³/mol. The third-order valence-corrected chi connectivity index (χ3v) is 5.28. The molecule has 1 aromatic heterocycles. The zero-order valence-electron chi connectivity index (χ0n) is 16.9. The van der Waals surface area contributed by atoms with Crippen molar-refractivity contribution in [1.82, 2.24) is 4.90 Å². The van der Waals surface area contributed by atoms with Crippen LogP contribution in [0.3, 0.4) is 0 Å². The van der Waals surface area contributed by atoms with E-state index in [4.69, 9.17) is 4.42 Å². The SMILES string of the molecule is C=C1CC(C(=O)Nc2ccc(C)cc2)CN(C(=O)c2cccc(-c3ccco3)c2)C1. The van der Waals surface area contributed by atoms with Gasteiger partial charge in [-0.15, -0.1) is 0 Å². The lowest BCUT2D eigenvalue weighted by atomic mass is 9.93. The summed E-state index contributed by atoms with van der Waals surface area (Å²) in [5, 5.41) is 2.96. The average Bonchev–Trinajstić information content (AvgIpc) is 3.29. The minimum Gasteiger partial charge on any atom is -0.464 e. The number of hydrogen-bond donors (Lipinski definition) is 1. The maximum atomic E-state index is 13.2. The van der Waals surface area contributed by atoms with E-state index in [9.17, 15) is 9.59 Å². The van der Waals surface area contributed by atoms with Crippen molar-refractivity contribution in [3.8, 4) is 11.3 Å². The van der Waals surface area contributed by atoms with Crippen LogP contribution in [0.15, 0.2) is 83.5 Å². The first-order valence-corrected chi connectivity index (χ1v) is 9.97. The zero-order valence-corrected chi connectivity index (χ0v) is 16.9. The highest BCUT2D eigenvalue weighted by atomic mass is 16.3. The van der Waals surface area contributed by atoms with E-state index in [0.717, 1.165) is 22.4 Å². The van der Waals surface area contributed by atoms with Crippen LogP contribution in [0.1, 0.15) is 22.3 Å². The van der Waals surface area contributed by atoms with Crippen LogP contribution in [0, 0.1) is 12.8 Å². The van der Waals surface area contributed by atoms with Gasteiger partial charge < -0.3 is 14.6 Å². The summed E-state index contributed by atoms with van der Waals surface area (Å²) in [7, 11) is 0. The molecule has 2 heterocycles. The number of hydrogen-bond acceptors (Lipinski definition) is 3. The van der Waals surface area contributed by atoms with Gasteiger partial charge in [0.25, 0.3) is 5.91 Å². The van der Waals surface area contributed by atoms with Crippen molar-refractivity contribution < 1.29 is 14.0 Å². The monoisotopic (exact) mass is 400 g/mol. The molecule has 1 N–H and O–H groups in total. The lowest BCUT2D eigenvalue weighted by Gasteiger charge is -2.33. The topological polar surface area (TPSA) is 62.6 Å². The number of carbonyl (C=O) groups is 2. The van der Waals surface area contributed by atoms with Gasteiger partial charge in [-0.05, 0) is 49.7 Å². The van der Waals surface area contributed by atoms with Crippen LogP contribution in [0.4, 0.5) is 5.69 Å². The Morgan fingerprint density at radius 3 is 2.63 bits per heavy atom. The number of nitrogens with one attached hydrogen (secondary N) is 1. The molecule has 5 nitrogen and oxygen atoms in total. The molecular formula is C25H24N2O3. The first-order chi connectivity index (χ1) is 14.5. The maximum absolute atomic E-state index is 13.2. The quantitative estimate of drug-likeness (QED) is 0.633. The summed E-state index contributed by atoms with van der Waals surface area (Å²) >= 11 is 0. The molecule has 0 saturated carbocycles. The maximum Gasteiger partial charge on any atom is 0.254 e. The number of nitrogens with zero attached hydrogens (tertiary/aromatic N) is 1. The molecule has 5 heteroatoms. The molecule has 0 spiro atoms. The summed E-state index contributed by atoms with van der Waals surface area (Å²) in [5.41, 5.74) is 4.17. The summed E-state index contributed by atoms with van der Waals surface area (Å²) in [5.74, 6) is 0.173. The molecule has 1 fully saturated rings. The molecule has 1 aliphatic heterocycles. The highest BCUT2D eigenvalue weighted by Gasteiger charge is 2.31. The van der Waals surface area contributed by atoms with Crippen molar-refractivity contribution in [2.45, 2.75) is 13.3 Å². The molecule has 4 rings (SSSR count). The molecule has 0 radical (unpaired) electrons. The van der Waals surface area contributed by atoms with Crippen molar-refractivity contribution >= 4 is 17.5 Å². The average molecular weight is 400 g/mol. The molecule has 0 aliphatic carbocycles. The number of piperidine rings is 1. The van der Waals surface area contributed by atoms with Gasteiger partial charge in [0.1, 0.15) is 5.76 Å². The van der Waals surface area contributed by atoms with Gasteiger partial charge >= 0.3 is 0 Å². The first-order valence-electron chi connectivity index (χ1n) is 9.97. The summed E-state index contributed by atoms with van der Waals surface area (Å²) < 4.78 is 5.44. The smallest absolute Gasteiger partial charge is 0.254 e. The second kappa shape index (κ2) is 8.41. The molecule has 1 saturated heterocycles. The number of aryl methyl sites for hydroxylation is 1. The number of likely N-dealkylation sites (tertiary alicyclic amines) is 1. The molecule has 30 heavy (non-hydrogen) atoms. The van der Waals surface area contributed by atoms with Gasteiger partial charge in [-0.2, -0.15) is 0 Å². The Morgan fingerprint density at radius 1 is 1.10 bits per heavy atom. The lowest BCUT2D eigenvalue weighted by molar-refractivity contribution is -0.120. The molecule has 1 aliphatic rings. The summed E-state index contributed by atoms with van der Waals surface area (Å²) in [6, 6.07) is 18.7. The number of rotatable bonds is 4. The van der Waals surface area contributed by atoms with Gasteiger partial charge in [0, 0.05) is 29.9 Å². The van der Waals surface area contributed by atoms with Crippen LogP contribution in [0.2, 0.25) is 0 Å². The van der Waals surface area contributed by atoms with Crippen LogP contribution in [0.25, 0.3) is 11.3 Å². The van der Waals surface area contributed by atoms with Gasteiger partial charge in [-0.3, -0.25) is 9.59 Å². The minimum atomic E-state index is -0.329. The minimum absolute atomic E-state index is 0.0955. The van der Waals surface area contributed by atoms with Crippen molar-refractivity contribution in [3.05, 3.63) is 90.2 Å². The third kappa shape index (κ3) is 4.35. The van der Waals surface area contributed by atoms with E-state index in [1.807, 2.05) is 61.5 Å². The van der Waals surface area contributed by atoms with E-state index in [0.29, 0.717) is 30.8 Å². The number of benzene rings is 2. The fraction of sp³-hybridized carbons (Fsp3) is 0.200. The highest BCUT2D eigenvalue weighted by Crippen LogP contribution is 2.25. The van der Waals surface area contributed by atoms with E-state index >= 15 is 0 Å². The van der Waals surface area contributed by atoms with Crippen molar-refractivity contribution in [1.29, 1.82) is 0 Å². The van der Waals surface area contributed by atoms with Crippen molar-refractivity contribution in [2.24, 2.45) is 5.92 Å². The highest BCUT2D eigenvalue weighted by molar-refractivity contribution is 5.97. The molecule has 2 amide bonds. The van der Waals surface area contributed by atoms with Crippen molar-refractivity contribution in [2.75, 3.05) is 18.4 Å². The number of carbonyl (C=O) groups excluding carboxylic acids is 2. The molecule has 1 atom stereocenters. The van der Waals surface area contributed by atoms with E-state index < -0.39 is 0 Å². The molecule has 152 valence electrons. The third-order valence-electron chi connectivity index (χ3n) is 5.28. The van der Waals surface area contributed by atoms with Gasteiger partial charge in [0.05, 0.1) is 12.2 Å². The van der Waals surface area contributed by atoms with Gasteiger partial charge in [-0.25, -0.2) is 0 Å². The molecule has 3 aromatic rings. The number of amides is 2. The van der Waals surface area contributed by atoms with E-state index in [-0.39, 0.29) is 17.7 Å². The van der Waals surface area contributed by atoms with Gasteiger partial charge in [-0.1, -0.05) is 42.0 Å². The second-order valence-electron chi connectivity index (χ2n) is 7.75. The number of furan rings is 1. The summed E-state index contributed by atoms with van der Waals surface area (Å²) in [4.78, 5) is 27.7. The fourth-order valence-corrected chi connectivity index (χ4v) is 3.72. The van der Waals surface area contributed by atoms with E-state index in [1.54, 1.807) is 17.2 Å². The van der Waals surface area contributed by atoms with E-state index in [1.165, 1.54) is 0 Å². The van der Waals surface area contributed by atoms with E-state index in [2.05, 4.69) is 11.9 Å². The first kappa shape index (κ1) is 19.7. The Kier molecular flexibility index (Phi) is 5.53. The predicted octanol–water partition coefficient (Wildman–Crippen LogP) is 4.91. The Morgan fingerprint density at radius 2 is 1.90 bits per heavy atom. The van der Waals surface area contributed by atoms with Crippen LogP contribution in [0.5, 0.6) is 0 Å². The van der Waals surface area contributed by atoms with Crippen LogP contribution in [-0.4, -0.2) is 29.8 Å². The summed E-state index contributed by atoms with van der Waals surface area (Å²) in [6.07, 6.45) is 2.18. The Bertz CT molecular complexity index is 1070. The second-order valence-corrected chi connectivity index (χ2v) is 7.75. The van der Waals surface area contributed by atoms with Crippen LogP contribution >= 0.6 is 0 Å².